The zero-order valence-electron chi connectivity index (χ0n) is 9.50. The number of ether oxygens (including phenoxy) is 1. The predicted octanol–water partition coefficient (Wildman–Crippen LogP) is 0.853. The van der Waals surface area contributed by atoms with Gasteiger partial charge in [0.1, 0.15) is 0 Å². The highest BCUT2D eigenvalue weighted by Crippen LogP contribution is 2.10. The third-order valence-electron chi connectivity index (χ3n) is 2.20. The smallest absolute Gasteiger partial charge is 0.339 e. The fraction of sp³-hybridized carbons (Fsp3) is 0.200. The summed E-state index contributed by atoms with van der Waals surface area (Å²) in [6.07, 6.45) is 1.45. The molecule has 0 aliphatic heterocycles. The highest BCUT2D eigenvalue weighted by molar-refractivity contribution is 9.10. The molecule has 2 N–H and O–H groups in total. The first-order valence-corrected chi connectivity index (χ1v) is 5.78. The van der Waals surface area contributed by atoms with Crippen molar-refractivity contribution in [2.45, 2.75) is 6.54 Å². The number of hydrogen-bond acceptors (Lipinski definition) is 6. The minimum absolute atomic E-state index is 0.188. The van der Waals surface area contributed by atoms with Crippen molar-refractivity contribution >= 4 is 27.8 Å². The molecule has 18 heavy (non-hydrogen) atoms. The first-order valence-electron chi connectivity index (χ1n) is 4.99. The fourth-order valence-corrected chi connectivity index (χ4v) is 1.74. The fourth-order valence-electron chi connectivity index (χ4n) is 1.35. The summed E-state index contributed by atoms with van der Waals surface area (Å²) in [5, 5.41) is 3.98. The highest BCUT2D eigenvalue weighted by Gasteiger charge is 2.08. The molecule has 7 nitrogen and oxygen atoms in total. The van der Waals surface area contributed by atoms with E-state index in [9.17, 15) is 4.79 Å². The summed E-state index contributed by atoms with van der Waals surface area (Å²) in [5.41, 5.74) is 6.59. The van der Waals surface area contributed by atoms with Gasteiger partial charge in [-0.05, 0) is 28.1 Å². The molecule has 8 heteroatoms. The molecule has 0 saturated carbocycles. The first-order chi connectivity index (χ1) is 8.60. The summed E-state index contributed by atoms with van der Waals surface area (Å²) in [6, 6.07) is 3.36. The van der Waals surface area contributed by atoms with E-state index in [2.05, 4.69) is 35.7 Å². The lowest BCUT2D eigenvalue weighted by Gasteiger charge is -2.03. The van der Waals surface area contributed by atoms with E-state index >= 15 is 0 Å². The maximum Gasteiger partial charge on any atom is 0.339 e. The standard InChI is InChI=1S/C10H10BrN5O2/c1-18-8(17)6-2-3-7(13-4-6)5-16-9(11)14-10(12)15-16/h2-4H,5H2,1H3,(H2,12,15). The second-order valence-corrected chi connectivity index (χ2v) is 4.14. The molecule has 0 aliphatic carbocycles. The van der Waals surface area contributed by atoms with Gasteiger partial charge >= 0.3 is 5.97 Å². The number of hydrogen-bond donors (Lipinski definition) is 1. The molecule has 0 aliphatic rings. The number of nitrogens with two attached hydrogens (primary N) is 1. The largest absolute Gasteiger partial charge is 0.465 e. The van der Waals surface area contributed by atoms with Gasteiger partial charge in [0.05, 0.1) is 24.9 Å². The third-order valence-corrected chi connectivity index (χ3v) is 2.79. The molecule has 2 aromatic rings. The maximum atomic E-state index is 11.2. The van der Waals surface area contributed by atoms with Crippen LogP contribution < -0.4 is 5.73 Å². The van der Waals surface area contributed by atoms with Crippen LogP contribution in [0.4, 0.5) is 5.95 Å². The van der Waals surface area contributed by atoms with Gasteiger partial charge in [0, 0.05) is 6.20 Å². The Balaban J connectivity index is 2.16. The third kappa shape index (κ3) is 2.65. The van der Waals surface area contributed by atoms with E-state index in [1.807, 2.05) is 0 Å². The van der Waals surface area contributed by atoms with Crippen LogP contribution in [0.15, 0.2) is 23.1 Å². The van der Waals surface area contributed by atoms with Gasteiger partial charge in [-0.25, -0.2) is 9.48 Å². The van der Waals surface area contributed by atoms with E-state index in [0.717, 1.165) is 5.69 Å². The molecule has 0 unspecified atom stereocenters. The first kappa shape index (κ1) is 12.5. The number of esters is 1. The van der Waals surface area contributed by atoms with Gasteiger partial charge in [0.15, 0.2) is 4.73 Å². The van der Waals surface area contributed by atoms with Gasteiger partial charge < -0.3 is 10.5 Å². The molecule has 0 saturated heterocycles. The Morgan fingerprint density at radius 2 is 2.33 bits per heavy atom. The van der Waals surface area contributed by atoms with E-state index in [1.54, 1.807) is 16.8 Å². The molecular weight excluding hydrogens is 302 g/mol. The van der Waals surface area contributed by atoms with Crippen molar-refractivity contribution in [3.8, 4) is 0 Å². The molecule has 0 amide bonds. The van der Waals surface area contributed by atoms with E-state index in [0.29, 0.717) is 16.8 Å². The number of carbonyl (C=O) groups excluding carboxylic acids is 1. The van der Waals surface area contributed by atoms with Crippen LogP contribution in [0.1, 0.15) is 16.1 Å². The minimum atomic E-state index is -0.416. The van der Waals surface area contributed by atoms with Crippen LogP contribution in [0.5, 0.6) is 0 Å². The van der Waals surface area contributed by atoms with Gasteiger partial charge in [-0.3, -0.25) is 4.98 Å². The molecule has 0 atom stereocenters. The van der Waals surface area contributed by atoms with Crippen molar-refractivity contribution in [2.75, 3.05) is 12.8 Å². The summed E-state index contributed by atoms with van der Waals surface area (Å²) in [5.74, 6) is -0.228. The second kappa shape index (κ2) is 5.13. The van der Waals surface area contributed by atoms with Gasteiger partial charge in [0.2, 0.25) is 5.95 Å². The molecule has 94 valence electrons. The SMILES string of the molecule is COC(=O)c1ccc(Cn2nc(N)nc2Br)nc1. The number of pyridine rings is 1. The van der Waals surface area contributed by atoms with Crippen molar-refractivity contribution in [3.05, 3.63) is 34.3 Å². The summed E-state index contributed by atoms with van der Waals surface area (Å²) in [4.78, 5) is 19.3. The molecule has 2 rings (SSSR count). The number of carbonyl (C=O) groups is 1. The molecule has 0 radical (unpaired) electrons. The van der Waals surface area contributed by atoms with Crippen LogP contribution in [-0.2, 0) is 11.3 Å². The lowest BCUT2D eigenvalue weighted by Crippen LogP contribution is -2.06. The molecule has 2 aromatic heterocycles. The monoisotopic (exact) mass is 311 g/mol. The quantitative estimate of drug-likeness (QED) is 0.844. The number of methoxy groups -OCH3 is 1. The average molecular weight is 312 g/mol. The highest BCUT2D eigenvalue weighted by atomic mass is 79.9. The van der Waals surface area contributed by atoms with Crippen molar-refractivity contribution < 1.29 is 9.53 Å². The van der Waals surface area contributed by atoms with Crippen LogP contribution in [-0.4, -0.2) is 32.8 Å². The summed E-state index contributed by atoms with van der Waals surface area (Å²) >= 11 is 3.23. The van der Waals surface area contributed by atoms with Crippen molar-refractivity contribution in [2.24, 2.45) is 0 Å². The Morgan fingerprint density at radius 3 is 2.83 bits per heavy atom. The molecule has 0 aromatic carbocycles. The Labute approximate surface area is 111 Å². The Bertz CT molecular complexity index is 566. The topological polar surface area (TPSA) is 95.9 Å². The lowest BCUT2D eigenvalue weighted by atomic mass is 10.2. The van der Waals surface area contributed by atoms with E-state index in [1.165, 1.54) is 13.3 Å². The maximum absolute atomic E-state index is 11.2. The van der Waals surface area contributed by atoms with Gasteiger partial charge in [-0.15, -0.1) is 5.10 Å². The Hall–Kier alpha value is -1.96. The molecular formula is C10H10BrN5O2. The van der Waals surface area contributed by atoms with E-state index in [-0.39, 0.29) is 5.95 Å². The second-order valence-electron chi connectivity index (χ2n) is 3.43. The van der Waals surface area contributed by atoms with Crippen molar-refractivity contribution in [3.63, 3.8) is 0 Å². The molecule has 0 spiro atoms. The number of rotatable bonds is 3. The zero-order valence-corrected chi connectivity index (χ0v) is 11.1. The van der Waals surface area contributed by atoms with Gasteiger partial charge in [0.25, 0.3) is 0 Å². The average Bonchev–Trinajstić information content (AvgIpc) is 2.68. The van der Waals surface area contributed by atoms with Crippen LogP contribution in [0.3, 0.4) is 0 Å². The van der Waals surface area contributed by atoms with Crippen LogP contribution in [0, 0.1) is 0 Å². The number of nitrogens with zero attached hydrogens (tertiary/aromatic N) is 4. The van der Waals surface area contributed by atoms with E-state index in [4.69, 9.17) is 5.73 Å². The molecule has 2 heterocycles. The van der Waals surface area contributed by atoms with Gasteiger partial charge in [-0.2, -0.15) is 4.98 Å². The minimum Gasteiger partial charge on any atom is -0.465 e. The van der Waals surface area contributed by atoms with Crippen molar-refractivity contribution in [1.29, 1.82) is 0 Å². The summed E-state index contributed by atoms with van der Waals surface area (Å²) < 4.78 is 6.68. The number of halogens is 1. The normalized spacial score (nSPS) is 10.3. The van der Waals surface area contributed by atoms with Crippen molar-refractivity contribution in [1.82, 2.24) is 19.7 Å². The number of anilines is 1. The van der Waals surface area contributed by atoms with Crippen LogP contribution in [0.2, 0.25) is 0 Å². The number of nitrogen functional groups attached to an aromatic ring is 1. The zero-order chi connectivity index (χ0) is 13.1. The Morgan fingerprint density at radius 1 is 1.56 bits per heavy atom. The molecule has 0 fully saturated rings. The van der Waals surface area contributed by atoms with Crippen LogP contribution in [0.25, 0.3) is 0 Å². The van der Waals surface area contributed by atoms with E-state index < -0.39 is 5.97 Å². The molecule has 0 bridgehead atoms. The van der Waals surface area contributed by atoms with Crippen LogP contribution >= 0.6 is 15.9 Å². The Kier molecular flexibility index (Phi) is 3.56. The lowest BCUT2D eigenvalue weighted by molar-refractivity contribution is 0.0600. The van der Waals surface area contributed by atoms with Gasteiger partial charge in [-0.1, -0.05) is 0 Å². The summed E-state index contributed by atoms with van der Waals surface area (Å²) in [6.45, 7) is 0.409. The number of aromatic nitrogens is 4. The summed E-state index contributed by atoms with van der Waals surface area (Å²) in [7, 11) is 1.32. The predicted molar refractivity (Wildman–Crippen MR) is 66.8 cm³/mol.